The van der Waals surface area contributed by atoms with Gasteiger partial charge in [0.2, 0.25) is 0 Å². The molecule has 0 aliphatic carbocycles. The number of nitrogens with one attached hydrogen (secondary N) is 1. The van der Waals surface area contributed by atoms with E-state index < -0.39 is 12.1 Å². The highest BCUT2D eigenvalue weighted by molar-refractivity contribution is 5.81. The minimum atomic E-state index is -0.632. The molecule has 7 heteroatoms. The van der Waals surface area contributed by atoms with E-state index in [4.69, 9.17) is 9.47 Å². The Morgan fingerprint density at radius 3 is 2.61 bits per heavy atom. The van der Waals surface area contributed by atoms with Gasteiger partial charge < -0.3 is 19.7 Å². The van der Waals surface area contributed by atoms with E-state index in [2.05, 4.69) is 23.2 Å². The zero-order chi connectivity index (χ0) is 26.1. The van der Waals surface area contributed by atoms with Crippen LogP contribution in [0.2, 0.25) is 0 Å². The van der Waals surface area contributed by atoms with Gasteiger partial charge in [0.25, 0.3) is 5.91 Å². The number of carbonyl (C=O) groups excluding carboxylic acids is 2. The van der Waals surface area contributed by atoms with Crippen LogP contribution < -0.4 is 10.1 Å². The third kappa shape index (κ3) is 7.91. The average Bonchev–Trinajstić information content (AvgIpc) is 3.09. The van der Waals surface area contributed by atoms with Crippen LogP contribution in [-0.2, 0) is 20.7 Å². The highest BCUT2D eigenvalue weighted by Gasteiger charge is 2.25. The Kier molecular flexibility index (Phi) is 10.0. The van der Waals surface area contributed by atoms with E-state index in [1.54, 1.807) is 0 Å². The van der Waals surface area contributed by atoms with E-state index in [1.807, 2.05) is 63.4 Å². The zero-order valence-corrected chi connectivity index (χ0v) is 21.8. The van der Waals surface area contributed by atoms with Gasteiger partial charge in [-0.05, 0) is 60.7 Å². The number of amides is 1. The molecule has 0 aromatic heterocycles. The molecule has 2 aromatic rings. The fourth-order valence-corrected chi connectivity index (χ4v) is 4.14. The monoisotopic (exact) mass is 491 g/mol. The fraction of sp³-hybridized carbons (Fsp3) is 0.483. The zero-order valence-electron chi connectivity index (χ0n) is 21.8. The summed E-state index contributed by atoms with van der Waals surface area (Å²) < 4.78 is 11.2. The number of ether oxygens (including phenoxy) is 2. The molecule has 1 unspecified atom stereocenters. The molecule has 36 heavy (non-hydrogen) atoms. The maximum Gasteiger partial charge on any atom is 0.311 e. The largest absolute Gasteiger partial charge is 0.426 e. The van der Waals surface area contributed by atoms with E-state index in [9.17, 15) is 14.9 Å². The van der Waals surface area contributed by atoms with Gasteiger partial charge in [0.1, 0.15) is 17.9 Å². The summed E-state index contributed by atoms with van der Waals surface area (Å²) in [7, 11) is 1.97. The van der Waals surface area contributed by atoms with Crippen molar-refractivity contribution in [2.24, 2.45) is 5.92 Å². The van der Waals surface area contributed by atoms with Gasteiger partial charge in [-0.1, -0.05) is 50.6 Å². The van der Waals surface area contributed by atoms with E-state index in [0.717, 1.165) is 41.6 Å². The van der Waals surface area contributed by atoms with Crippen molar-refractivity contribution in [3.63, 3.8) is 0 Å². The van der Waals surface area contributed by atoms with Crippen molar-refractivity contribution >= 4 is 11.9 Å². The topological polar surface area (TPSA) is 91.7 Å². The maximum absolute atomic E-state index is 12.6. The number of carbonyl (C=O) groups is 2. The second-order valence-electron chi connectivity index (χ2n) is 9.74. The highest BCUT2D eigenvalue weighted by Crippen LogP contribution is 2.27. The first-order valence-corrected chi connectivity index (χ1v) is 12.7. The first-order valence-electron chi connectivity index (χ1n) is 12.7. The maximum atomic E-state index is 12.6. The van der Waals surface area contributed by atoms with Gasteiger partial charge in [0, 0.05) is 32.5 Å². The van der Waals surface area contributed by atoms with Gasteiger partial charge in [-0.25, -0.2) is 0 Å². The lowest BCUT2D eigenvalue weighted by atomic mass is 9.99. The summed E-state index contributed by atoms with van der Waals surface area (Å²) in [5.41, 5.74) is 3.89. The minimum Gasteiger partial charge on any atom is -0.426 e. The average molecular weight is 492 g/mol. The molecular weight excluding hydrogens is 454 g/mol. The Morgan fingerprint density at radius 1 is 1.22 bits per heavy atom. The molecule has 7 nitrogen and oxygen atoms in total. The number of esters is 1. The Labute approximate surface area is 214 Å². The molecule has 0 saturated carbocycles. The molecule has 1 saturated heterocycles. The Hall–Kier alpha value is -3.21. The summed E-state index contributed by atoms with van der Waals surface area (Å²) in [6.07, 6.45) is 2.09. The summed E-state index contributed by atoms with van der Waals surface area (Å²) >= 11 is 0. The van der Waals surface area contributed by atoms with Crippen molar-refractivity contribution in [1.29, 1.82) is 5.26 Å². The molecule has 0 radical (unpaired) electrons. The lowest BCUT2D eigenvalue weighted by Gasteiger charge is -2.21. The number of nitriles is 1. The number of benzene rings is 2. The second-order valence-corrected chi connectivity index (χ2v) is 9.74. The number of hydrogen-bond donors (Lipinski definition) is 1. The van der Waals surface area contributed by atoms with E-state index >= 15 is 0 Å². The first kappa shape index (κ1) is 27.4. The molecule has 0 spiro atoms. The predicted octanol–water partition coefficient (Wildman–Crippen LogP) is 4.28. The van der Waals surface area contributed by atoms with Crippen molar-refractivity contribution in [3.05, 3.63) is 53.6 Å². The number of aryl methyl sites for hydroxylation is 1. The molecule has 1 fully saturated rings. The lowest BCUT2D eigenvalue weighted by molar-refractivity contribution is -0.135. The number of nitrogens with zero attached hydrogens (tertiary/aromatic N) is 2. The summed E-state index contributed by atoms with van der Waals surface area (Å²) in [6.45, 7) is 7.99. The fourth-order valence-electron chi connectivity index (χ4n) is 4.14. The number of likely N-dealkylation sites (N-methyl/N-ethyl adjacent to an activating group) is 1. The first-order chi connectivity index (χ1) is 17.3. The summed E-state index contributed by atoms with van der Waals surface area (Å²) in [5, 5.41) is 12.4. The molecule has 1 amide bonds. The van der Waals surface area contributed by atoms with Gasteiger partial charge in [-0.15, -0.1) is 0 Å². The summed E-state index contributed by atoms with van der Waals surface area (Å²) in [6, 6.07) is 15.3. The molecule has 2 aromatic carbocycles. The van der Waals surface area contributed by atoms with Crippen LogP contribution in [0, 0.1) is 24.2 Å². The molecule has 192 valence electrons. The van der Waals surface area contributed by atoms with E-state index in [1.165, 1.54) is 0 Å². The van der Waals surface area contributed by atoms with E-state index in [0.29, 0.717) is 37.7 Å². The van der Waals surface area contributed by atoms with Gasteiger partial charge in [-0.2, -0.15) is 5.26 Å². The number of rotatable bonds is 9. The lowest BCUT2D eigenvalue weighted by Crippen LogP contribution is -2.46. The second kappa shape index (κ2) is 13.2. The predicted molar refractivity (Wildman–Crippen MR) is 139 cm³/mol. The van der Waals surface area contributed by atoms with Crippen LogP contribution in [0.4, 0.5) is 0 Å². The third-order valence-corrected chi connectivity index (χ3v) is 6.58. The normalized spacial score (nSPS) is 17.9. The SMILES string of the molecule is CCC(C)CC(=O)Oc1ccc(-c2ccc(C[C@@H](C#N)NC(=O)[C@@H]3CN(C)CCCO3)cc2)cc1C. The molecule has 1 aliphatic heterocycles. The molecule has 1 N–H and O–H groups in total. The van der Waals surface area contributed by atoms with Gasteiger partial charge in [0.05, 0.1) is 6.07 Å². The van der Waals surface area contributed by atoms with Crippen LogP contribution in [0.15, 0.2) is 42.5 Å². The molecule has 3 atom stereocenters. The van der Waals surface area contributed by atoms with Gasteiger partial charge in [0.15, 0.2) is 0 Å². The molecule has 1 heterocycles. The van der Waals surface area contributed by atoms with Crippen LogP contribution in [0.25, 0.3) is 11.1 Å². The Morgan fingerprint density at radius 2 is 1.94 bits per heavy atom. The summed E-state index contributed by atoms with van der Waals surface area (Å²) in [4.78, 5) is 26.9. The van der Waals surface area contributed by atoms with Crippen molar-refractivity contribution in [2.75, 3.05) is 26.7 Å². The highest BCUT2D eigenvalue weighted by atomic mass is 16.5. The Balaban J connectivity index is 1.60. The van der Waals surface area contributed by atoms with Crippen LogP contribution in [0.1, 0.15) is 44.2 Å². The van der Waals surface area contributed by atoms with Crippen molar-refractivity contribution in [3.8, 4) is 22.9 Å². The Bertz CT molecular complexity index is 1080. The molecular formula is C29H37N3O4. The molecule has 3 rings (SSSR count). The summed E-state index contributed by atoms with van der Waals surface area (Å²) in [5.74, 6) is 0.435. The quantitative estimate of drug-likeness (QED) is 0.416. The smallest absolute Gasteiger partial charge is 0.311 e. The minimum absolute atomic E-state index is 0.207. The van der Waals surface area contributed by atoms with Crippen LogP contribution in [0.5, 0.6) is 5.75 Å². The van der Waals surface area contributed by atoms with Gasteiger partial charge >= 0.3 is 5.97 Å². The number of hydrogen-bond acceptors (Lipinski definition) is 6. The van der Waals surface area contributed by atoms with Crippen molar-refractivity contribution < 1.29 is 19.1 Å². The van der Waals surface area contributed by atoms with Crippen molar-refractivity contribution in [2.45, 2.75) is 58.6 Å². The van der Waals surface area contributed by atoms with Crippen molar-refractivity contribution in [1.82, 2.24) is 10.2 Å². The molecule has 1 aliphatic rings. The standard InChI is InChI=1S/C29H37N3O4/c1-5-20(2)15-28(33)36-26-12-11-24(16-21(26)3)23-9-7-22(8-10-23)17-25(18-30)31-29(34)27-19-32(4)13-6-14-35-27/h7-12,16,20,25,27H,5-6,13-15,17,19H2,1-4H3,(H,31,34)/t20?,25-,27-/m0/s1. The van der Waals surface area contributed by atoms with Crippen LogP contribution in [0.3, 0.4) is 0 Å². The van der Waals surface area contributed by atoms with Crippen LogP contribution >= 0.6 is 0 Å². The van der Waals surface area contributed by atoms with Crippen LogP contribution in [-0.4, -0.2) is 55.7 Å². The van der Waals surface area contributed by atoms with E-state index in [-0.39, 0.29) is 11.9 Å². The van der Waals surface area contributed by atoms with Gasteiger partial charge in [-0.3, -0.25) is 9.59 Å². The third-order valence-electron chi connectivity index (χ3n) is 6.58. The molecule has 0 bridgehead atoms.